The molecular formula is C11H13N3O5. The summed E-state index contributed by atoms with van der Waals surface area (Å²) >= 11 is 0. The molecule has 8 heteroatoms. The van der Waals surface area contributed by atoms with E-state index in [1.54, 1.807) is 6.92 Å². The van der Waals surface area contributed by atoms with Crippen LogP contribution in [0.1, 0.15) is 17.3 Å². The summed E-state index contributed by atoms with van der Waals surface area (Å²) in [4.78, 5) is 37.4. The summed E-state index contributed by atoms with van der Waals surface area (Å²) in [6.07, 6.45) is 0. The molecule has 0 radical (unpaired) electrons. The molecule has 0 saturated heterocycles. The molecular weight excluding hydrogens is 254 g/mol. The van der Waals surface area contributed by atoms with Gasteiger partial charge in [-0.3, -0.25) is 24.5 Å². The third-order valence-electron chi connectivity index (χ3n) is 2.06. The van der Waals surface area contributed by atoms with Gasteiger partial charge >= 0.3 is 0 Å². The molecule has 19 heavy (non-hydrogen) atoms. The van der Waals surface area contributed by atoms with Crippen LogP contribution in [-0.4, -0.2) is 29.9 Å². The Balaban J connectivity index is 2.56. The molecule has 0 bridgehead atoms. The first-order valence-corrected chi connectivity index (χ1v) is 5.48. The minimum atomic E-state index is -0.599. The number of carbonyl (C=O) groups is 2. The van der Waals surface area contributed by atoms with Crippen LogP contribution in [0, 0.1) is 10.1 Å². The van der Waals surface area contributed by atoms with E-state index in [1.165, 1.54) is 18.2 Å². The average molecular weight is 267 g/mol. The van der Waals surface area contributed by atoms with Crippen molar-refractivity contribution in [1.82, 2.24) is 10.8 Å². The van der Waals surface area contributed by atoms with E-state index in [2.05, 4.69) is 15.6 Å². The minimum absolute atomic E-state index is 0.110. The van der Waals surface area contributed by atoms with Crippen LogP contribution in [0.3, 0.4) is 0 Å². The Morgan fingerprint density at radius 1 is 1.42 bits per heavy atom. The van der Waals surface area contributed by atoms with Crippen molar-refractivity contribution in [2.45, 2.75) is 6.92 Å². The van der Waals surface area contributed by atoms with Crippen molar-refractivity contribution in [2.75, 3.05) is 13.2 Å². The third kappa shape index (κ3) is 4.72. The Hall–Kier alpha value is -2.48. The van der Waals surface area contributed by atoms with Gasteiger partial charge in [0.05, 0.1) is 18.1 Å². The van der Waals surface area contributed by atoms with E-state index in [4.69, 9.17) is 0 Å². The predicted molar refractivity (Wildman–Crippen MR) is 65.2 cm³/mol. The SMILES string of the molecule is CCONC(=O)CNC(=O)c1cccc([N+](=O)[O-])c1. The smallest absolute Gasteiger partial charge is 0.270 e. The number of nitrogens with one attached hydrogen (secondary N) is 2. The summed E-state index contributed by atoms with van der Waals surface area (Å²) in [6.45, 7) is 1.73. The van der Waals surface area contributed by atoms with E-state index in [-0.39, 0.29) is 17.8 Å². The highest BCUT2D eigenvalue weighted by atomic mass is 16.6. The van der Waals surface area contributed by atoms with Crippen LogP contribution in [-0.2, 0) is 9.63 Å². The average Bonchev–Trinajstić information content (AvgIpc) is 2.42. The molecule has 0 aliphatic rings. The van der Waals surface area contributed by atoms with Crippen molar-refractivity contribution < 1.29 is 19.3 Å². The molecule has 8 nitrogen and oxygen atoms in total. The van der Waals surface area contributed by atoms with Crippen molar-refractivity contribution in [3.05, 3.63) is 39.9 Å². The quantitative estimate of drug-likeness (QED) is 0.572. The van der Waals surface area contributed by atoms with Gasteiger partial charge in [0.15, 0.2) is 0 Å². The standard InChI is InChI=1S/C11H13N3O5/c1-2-19-13-10(15)7-12-11(16)8-4-3-5-9(6-8)14(17)18/h3-6H,2,7H2,1H3,(H,12,16)(H,13,15). The van der Waals surface area contributed by atoms with Gasteiger partial charge < -0.3 is 5.32 Å². The lowest BCUT2D eigenvalue weighted by molar-refractivity contribution is -0.384. The summed E-state index contributed by atoms with van der Waals surface area (Å²) in [6, 6.07) is 5.23. The van der Waals surface area contributed by atoms with Crippen LogP contribution >= 0.6 is 0 Å². The number of rotatable bonds is 6. The van der Waals surface area contributed by atoms with E-state index in [9.17, 15) is 19.7 Å². The lowest BCUT2D eigenvalue weighted by atomic mass is 10.2. The Bertz CT molecular complexity index is 489. The predicted octanol–water partition coefficient (Wildman–Crippen LogP) is 0.392. The maximum Gasteiger partial charge on any atom is 0.270 e. The van der Waals surface area contributed by atoms with E-state index in [0.29, 0.717) is 6.61 Å². The van der Waals surface area contributed by atoms with E-state index in [1.807, 2.05) is 0 Å². The number of amides is 2. The van der Waals surface area contributed by atoms with Gasteiger partial charge in [0.1, 0.15) is 0 Å². The molecule has 102 valence electrons. The van der Waals surface area contributed by atoms with Gasteiger partial charge in [-0.1, -0.05) is 6.07 Å². The fourth-order valence-corrected chi connectivity index (χ4v) is 1.21. The number of hydrogen-bond acceptors (Lipinski definition) is 5. The highest BCUT2D eigenvalue weighted by molar-refractivity contribution is 5.96. The second-order valence-electron chi connectivity index (χ2n) is 3.45. The van der Waals surface area contributed by atoms with Gasteiger partial charge in [-0.2, -0.15) is 0 Å². The van der Waals surface area contributed by atoms with Crippen molar-refractivity contribution in [2.24, 2.45) is 0 Å². The van der Waals surface area contributed by atoms with Gasteiger partial charge in [-0.25, -0.2) is 5.48 Å². The molecule has 0 heterocycles. The van der Waals surface area contributed by atoms with Crippen LogP contribution in [0.5, 0.6) is 0 Å². The first kappa shape index (κ1) is 14.6. The van der Waals surface area contributed by atoms with Crippen LogP contribution in [0.4, 0.5) is 5.69 Å². The van der Waals surface area contributed by atoms with Gasteiger partial charge in [0.2, 0.25) is 0 Å². The number of hydroxylamine groups is 1. The molecule has 1 aromatic carbocycles. The lowest BCUT2D eigenvalue weighted by Crippen LogP contribution is -2.36. The fourth-order valence-electron chi connectivity index (χ4n) is 1.21. The van der Waals surface area contributed by atoms with Crippen LogP contribution in [0.15, 0.2) is 24.3 Å². The minimum Gasteiger partial charge on any atom is -0.343 e. The molecule has 0 aromatic heterocycles. The topological polar surface area (TPSA) is 111 Å². The second-order valence-corrected chi connectivity index (χ2v) is 3.45. The summed E-state index contributed by atoms with van der Waals surface area (Å²) in [5, 5.41) is 12.9. The van der Waals surface area contributed by atoms with E-state index >= 15 is 0 Å². The highest BCUT2D eigenvalue weighted by Gasteiger charge is 2.12. The number of non-ortho nitro benzene ring substituents is 1. The third-order valence-corrected chi connectivity index (χ3v) is 2.06. The zero-order chi connectivity index (χ0) is 14.3. The lowest BCUT2D eigenvalue weighted by Gasteiger charge is -2.05. The summed E-state index contributed by atoms with van der Waals surface area (Å²) in [7, 11) is 0. The molecule has 0 fully saturated rings. The van der Waals surface area contributed by atoms with Crippen molar-refractivity contribution in [1.29, 1.82) is 0 Å². The van der Waals surface area contributed by atoms with Crippen LogP contribution in [0.25, 0.3) is 0 Å². The van der Waals surface area contributed by atoms with Crippen LogP contribution < -0.4 is 10.8 Å². The molecule has 0 unspecified atom stereocenters. The van der Waals surface area contributed by atoms with Crippen molar-refractivity contribution in [3.63, 3.8) is 0 Å². The number of benzene rings is 1. The zero-order valence-corrected chi connectivity index (χ0v) is 10.2. The van der Waals surface area contributed by atoms with E-state index < -0.39 is 16.7 Å². The first-order chi connectivity index (χ1) is 9.04. The Morgan fingerprint density at radius 3 is 2.79 bits per heavy atom. The van der Waals surface area contributed by atoms with Gasteiger partial charge in [0.25, 0.3) is 17.5 Å². The Labute approximate surface area is 108 Å². The maximum absolute atomic E-state index is 11.6. The maximum atomic E-state index is 11.6. The number of nitro benzene ring substituents is 1. The number of nitro groups is 1. The molecule has 2 amide bonds. The summed E-state index contributed by atoms with van der Waals surface area (Å²) in [5.74, 6) is -1.09. The fraction of sp³-hybridized carbons (Fsp3) is 0.273. The summed E-state index contributed by atoms with van der Waals surface area (Å²) in [5.41, 5.74) is 2.03. The Kier molecular flexibility index (Phi) is 5.42. The van der Waals surface area contributed by atoms with Gasteiger partial charge in [-0.05, 0) is 13.0 Å². The molecule has 0 aliphatic carbocycles. The molecule has 2 N–H and O–H groups in total. The highest BCUT2D eigenvalue weighted by Crippen LogP contribution is 2.12. The molecule has 1 rings (SSSR count). The normalized spacial score (nSPS) is 9.74. The number of nitrogens with zero attached hydrogens (tertiary/aromatic N) is 1. The number of carbonyl (C=O) groups excluding carboxylic acids is 2. The molecule has 0 aliphatic heterocycles. The molecule has 0 saturated carbocycles. The number of hydrogen-bond donors (Lipinski definition) is 2. The Morgan fingerprint density at radius 2 is 2.16 bits per heavy atom. The van der Waals surface area contributed by atoms with Crippen molar-refractivity contribution >= 4 is 17.5 Å². The largest absolute Gasteiger partial charge is 0.343 e. The second kappa shape index (κ2) is 7.07. The molecule has 0 spiro atoms. The first-order valence-electron chi connectivity index (χ1n) is 5.48. The van der Waals surface area contributed by atoms with Gasteiger partial charge in [0, 0.05) is 17.7 Å². The monoisotopic (exact) mass is 267 g/mol. The summed E-state index contributed by atoms with van der Waals surface area (Å²) < 4.78 is 0. The van der Waals surface area contributed by atoms with E-state index in [0.717, 1.165) is 6.07 Å². The molecule has 1 aromatic rings. The van der Waals surface area contributed by atoms with Crippen molar-refractivity contribution in [3.8, 4) is 0 Å². The zero-order valence-electron chi connectivity index (χ0n) is 10.2. The van der Waals surface area contributed by atoms with Crippen LogP contribution in [0.2, 0.25) is 0 Å². The molecule has 0 atom stereocenters. The van der Waals surface area contributed by atoms with Gasteiger partial charge in [-0.15, -0.1) is 0 Å².